The Bertz CT molecular complexity index is 554. The van der Waals surface area contributed by atoms with Crippen molar-refractivity contribution in [3.8, 4) is 0 Å². The molecule has 0 saturated heterocycles. The predicted molar refractivity (Wildman–Crippen MR) is 83.5 cm³/mol. The number of hydrogen-bond acceptors (Lipinski definition) is 9. The number of hydrogen-bond donors (Lipinski definition) is 2. The van der Waals surface area contributed by atoms with Crippen LogP contribution in [0, 0.1) is 0 Å². The van der Waals surface area contributed by atoms with Gasteiger partial charge in [0.25, 0.3) is 0 Å². The van der Waals surface area contributed by atoms with E-state index in [0.29, 0.717) is 0 Å². The van der Waals surface area contributed by atoms with E-state index in [1.165, 1.54) is 0 Å². The summed E-state index contributed by atoms with van der Waals surface area (Å²) in [7, 11) is -13.4. The molecule has 4 unspecified atom stereocenters. The second kappa shape index (κ2) is 9.37. The first-order chi connectivity index (χ1) is 10.2. The van der Waals surface area contributed by atoms with Gasteiger partial charge in [0.1, 0.15) is 25.4 Å². The molecule has 0 aromatic rings. The highest BCUT2D eigenvalue weighted by atomic mass is 31.3. The molecule has 0 amide bonds. The van der Waals surface area contributed by atoms with E-state index in [2.05, 4.69) is 13.8 Å². The molecule has 0 aliphatic rings. The highest BCUT2D eigenvalue weighted by molar-refractivity contribution is 7.67. The first-order valence-electron chi connectivity index (χ1n) is 5.99. The monoisotopic (exact) mass is 418 g/mol. The summed E-state index contributed by atoms with van der Waals surface area (Å²) in [6, 6.07) is 0. The maximum absolute atomic E-state index is 12.3. The normalized spacial score (nSPS) is 22.5. The van der Waals surface area contributed by atoms with Crippen molar-refractivity contribution < 1.29 is 50.9 Å². The second-order valence-corrected chi connectivity index (χ2v) is 13.6. The van der Waals surface area contributed by atoms with Gasteiger partial charge in [0, 0.05) is 27.5 Å². The molecule has 11 nitrogen and oxygen atoms in total. The molecule has 23 heavy (non-hydrogen) atoms. The zero-order valence-corrected chi connectivity index (χ0v) is 16.8. The average molecular weight is 418 g/mol. The van der Waals surface area contributed by atoms with E-state index >= 15 is 0 Å². The van der Waals surface area contributed by atoms with Crippen molar-refractivity contribution in [2.75, 3.05) is 52.9 Å². The topological polar surface area (TPSA) is 155 Å². The summed E-state index contributed by atoms with van der Waals surface area (Å²) in [5.74, 6) is 0. The summed E-state index contributed by atoms with van der Waals surface area (Å²) in [4.78, 5) is 18.5. The van der Waals surface area contributed by atoms with Crippen molar-refractivity contribution in [1.82, 2.24) is 0 Å². The molecule has 0 heterocycles. The third-order valence-electron chi connectivity index (χ3n) is 1.89. The molecule has 0 rings (SSSR count). The highest BCUT2D eigenvalue weighted by Gasteiger charge is 2.37. The van der Waals surface area contributed by atoms with Crippen LogP contribution < -0.4 is 0 Å². The Morgan fingerprint density at radius 1 is 0.783 bits per heavy atom. The fraction of sp³-hybridized carbons (Fsp3) is 1.00. The standard InChI is InChI=1S/C8H22O11P4/c1-15-5-22(12,13)19-23(14,6-16-2)18-8-21(4,11)17-7-20(3,9)10/h5-8H2,1-4H3,(H,9,10)(H,12,13). The smallest absolute Gasteiger partial charge is 0.363 e. The van der Waals surface area contributed by atoms with Crippen molar-refractivity contribution in [1.29, 1.82) is 0 Å². The van der Waals surface area contributed by atoms with E-state index in [1.807, 2.05) is 0 Å². The van der Waals surface area contributed by atoms with Crippen LogP contribution >= 0.6 is 29.9 Å². The summed E-state index contributed by atoms with van der Waals surface area (Å²) >= 11 is 0. The summed E-state index contributed by atoms with van der Waals surface area (Å²) < 4.78 is 70.3. The van der Waals surface area contributed by atoms with Crippen LogP contribution in [0.5, 0.6) is 0 Å². The zero-order valence-electron chi connectivity index (χ0n) is 13.2. The third-order valence-corrected chi connectivity index (χ3v) is 7.88. The molecule has 0 spiro atoms. The lowest BCUT2D eigenvalue weighted by Crippen LogP contribution is -2.06. The SMILES string of the molecule is COCP(=O)(O)OP(=O)(COC)OCP(C)(=O)OCP(C)(=O)O. The largest absolute Gasteiger partial charge is 0.372 e. The Kier molecular flexibility index (Phi) is 9.63. The lowest BCUT2D eigenvalue weighted by atomic mass is 11.5. The van der Waals surface area contributed by atoms with Crippen LogP contribution in [0.1, 0.15) is 0 Å². The van der Waals surface area contributed by atoms with Gasteiger partial charge in [-0.3, -0.25) is 22.8 Å². The summed E-state index contributed by atoms with van der Waals surface area (Å²) in [6.07, 6.45) is -2.84. The van der Waals surface area contributed by atoms with Crippen LogP contribution in [0.3, 0.4) is 0 Å². The maximum atomic E-state index is 12.3. The Balaban J connectivity index is 4.87. The quantitative estimate of drug-likeness (QED) is 0.449. The minimum Gasteiger partial charge on any atom is -0.372 e. The molecule has 0 aromatic carbocycles. The minimum atomic E-state index is -4.37. The number of rotatable bonds is 12. The highest BCUT2D eigenvalue weighted by Crippen LogP contribution is 2.64. The minimum absolute atomic E-state index is 0.673. The molecule has 4 atom stereocenters. The van der Waals surface area contributed by atoms with Gasteiger partial charge in [-0.05, 0) is 0 Å². The van der Waals surface area contributed by atoms with Crippen molar-refractivity contribution in [3.05, 3.63) is 0 Å². The summed E-state index contributed by atoms with van der Waals surface area (Å²) in [6.45, 7) is 2.10. The number of methoxy groups -OCH3 is 2. The van der Waals surface area contributed by atoms with Crippen molar-refractivity contribution in [3.63, 3.8) is 0 Å². The Hall–Kier alpha value is 0.640. The molecular formula is C8H22O11P4. The molecule has 0 radical (unpaired) electrons. The second-order valence-electron chi connectivity index (χ2n) is 4.75. The van der Waals surface area contributed by atoms with E-state index in [0.717, 1.165) is 27.5 Å². The molecule has 0 aromatic heterocycles. The van der Waals surface area contributed by atoms with Crippen LogP contribution in [0.2, 0.25) is 0 Å². The van der Waals surface area contributed by atoms with Gasteiger partial charge in [0.2, 0.25) is 14.7 Å². The van der Waals surface area contributed by atoms with Gasteiger partial charge in [-0.25, -0.2) is 4.31 Å². The fourth-order valence-electron chi connectivity index (χ4n) is 1.08. The molecule has 0 fully saturated rings. The molecule has 2 N–H and O–H groups in total. The van der Waals surface area contributed by atoms with E-state index in [-0.39, 0.29) is 0 Å². The van der Waals surface area contributed by atoms with E-state index in [4.69, 9.17) is 13.9 Å². The Labute approximate surface area is 134 Å². The van der Waals surface area contributed by atoms with Gasteiger partial charge in [-0.15, -0.1) is 0 Å². The lowest BCUT2D eigenvalue weighted by molar-refractivity contribution is 0.184. The van der Waals surface area contributed by atoms with E-state index < -0.39 is 55.3 Å². The predicted octanol–water partition coefficient (Wildman–Crippen LogP) is 2.35. The number of ether oxygens (including phenoxy) is 2. The van der Waals surface area contributed by atoms with Crippen molar-refractivity contribution in [2.45, 2.75) is 0 Å². The van der Waals surface area contributed by atoms with Gasteiger partial charge < -0.3 is 23.8 Å². The van der Waals surface area contributed by atoms with Gasteiger partial charge in [0.15, 0.2) is 0 Å². The van der Waals surface area contributed by atoms with Gasteiger partial charge >= 0.3 is 15.2 Å². The van der Waals surface area contributed by atoms with Crippen LogP contribution in [-0.2, 0) is 41.1 Å². The van der Waals surface area contributed by atoms with Crippen LogP contribution in [0.4, 0.5) is 0 Å². The van der Waals surface area contributed by atoms with Crippen LogP contribution in [0.15, 0.2) is 0 Å². The molecule has 140 valence electrons. The van der Waals surface area contributed by atoms with E-state index in [1.54, 1.807) is 0 Å². The van der Waals surface area contributed by atoms with Gasteiger partial charge in [-0.1, -0.05) is 0 Å². The van der Waals surface area contributed by atoms with Gasteiger partial charge in [0.05, 0.1) is 0 Å². The molecule has 0 aliphatic heterocycles. The zero-order chi connectivity index (χ0) is 18.4. The average Bonchev–Trinajstić information content (AvgIpc) is 2.33. The van der Waals surface area contributed by atoms with Crippen molar-refractivity contribution >= 4 is 29.9 Å². The molecule has 0 aliphatic carbocycles. The fourth-order valence-corrected chi connectivity index (χ4v) is 7.37. The molecule has 15 heteroatoms. The van der Waals surface area contributed by atoms with Gasteiger partial charge in [-0.2, -0.15) is 0 Å². The van der Waals surface area contributed by atoms with Crippen molar-refractivity contribution in [2.24, 2.45) is 0 Å². The first-order valence-corrected chi connectivity index (χ1v) is 14.0. The summed E-state index contributed by atoms with van der Waals surface area (Å²) in [5.41, 5.74) is 0. The Morgan fingerprint density at radius 2 is 1.30 bits per heavy atom. The molecular weight excluding hydrogens is 396 g/mol. The molecule has 0 bridgehead atoms. The lowest BCUT2D eigenvalue weighted by Gasteiger charge is -2.22. The van der Waals surface area contributed by atoms with Crippen LogP contribution in [0.25, 0.3) is 0 Å². The van der Waals surface area contributed by atoms with Crippen LogP contribution in [-0.4, -0.2) is 62.7 Å². The summed E-state index contributed by atoms with van der Waals surface area (Å²) in [5, 5.41) is 0. The maximum Gasteiger partial charge on any atom is 0.363 e. The third kappa shape index (κ3) is 11.8. The molecule has 0 saturated carbocycles. The van der Waals surface area contributed by atoms with E-state index in [9.17, 15) is 23.2 Å². The first kappa shape index (κ1) is 23.6. The Morgan fingerprint density at radius 3 is 1.74 bits per heavy atom.